The summed E-state index contributed by atoms with van der Waals surface area (Å²) in [5.41, 5.74) is -0.975. The second-order valence-electron chi connectivity index (χ2n) is 7.49. The molecular formula is C21H21F6NO3. The van der Waals surface area contributed by atoms with Crippen molar-refractivity contribution in [1.82, 2.24) is 4.90 Å². The fourth-order valence-electron chi connectivity index (χ4n) is 3.89. The summed E-state index contributed by atoms with van der Waals surface area (Å²) in [6, 6.07) is 9.74. The summed E-state index contributed by atoms with van der Waals surface area (Å²) in [5.74, 6) is -1.17. The SMILES string of the molecule is CN1CCC(C(O)(c2ccc(OC(F)(F)F)cc2)c2ccc(OC(F)(F)F)cc2)CC1. The Morgan fingerprint density at radius 1 is 0.742 bits per heavy atom. The lowest BCUT2D eigenvalue weighted by Gasteiger charge is -2.41. The van der Waals surface area contributed by atoms with Crippen molar-refractivity contribution in [2.24, 2.45) is 5.92 Å². The van der Waals surface area contributed by atoms with Crippen LogP contribution in [-0.2, 0) is 5.60 Å². The first-order chi connectivity index (χ1) is 14.4. The van der Waals surface area contributed by atoms with Gasteiger partial charge in [-0.3, -0.25) is 0 Å². The van der Waals surface area contributed by atoms with Crippen LogP contribution in [-0.4, -0.2) is 42.9 Å². The molecule has 4 nitrogen and oxygen atoms in total. The zero-order valence-corrected chi connectivity index (χ0v) is 16.5. The molecule has 1 aliphatic heterocycles. The average molecular weight is 449 g/mol. The minimum Gasteiger partial charge on any atom is -0.406 e. The van der Waals surface area contributed by atoms with Crippen LogP contribution in [0.15, 0.2) is 48.5 Å². The number of rotatable bonds is 5. The van der Waals surface area contributed by atoms with Crippen molar-refractivity contribution in [1.29, 1.82) is 0 Å². The molecule has 2 aromatic rings. The summed E-state index contributed by atoms with van der Waals surface area (Å²) in [6.45, 7) is 1.38. The first kappa shape index (κ1) is 23.2. The Bertz CT molecular complexity index is 797. The minimum absolute atomic E-state index is 0.299. The Morgan fingerprint density at radius 3 is 1.42 bits per heavy atom. The summed E-state index contributed by atoms with van der Waals surface area (Å²) >= 11 is 0. The molecule has 1 saturated heterocycles. The predicted molar refractivity (Wildman–Crippen MR) is 99.5 cm³/mol. The Balaban J connectivity index is 1.96. The van der Waals surface area contributed by atoms with Gasteiger partial charge in [-0.05, 0) is 74.3 Å². The number of hydrogen-bond donors (Lipinski definition) is 1. The first-order valence-corrected chi connectivity index (χ1v) is 9.50. The van der Waals surface area contributed by atoms with E-state index in [1.807, 2.05) is 7.05 Å². The molecule has 0 unspecified atom stereocenters. The van der Waals surface area contributed by atoms with Gasteiger partial charge in [-0.15, -0.1) is 26.3 Å². The molecule has 1 fully saturated rings. The van der Waals surface area contributed by atoms with Crippen molar-refractivity contribution in [2.45, 2.75) is 31.2 Å². The van der Waals surface area contributed by atoms with E-state index >= 15 is 0 Å². The maximum Gasteiger partial charge on any atom is 0.573 e. The molecule has 0 radical (unpaired) electrons. The summed E-state index contributed by atoms with van der Waals surface area (Å²) in [4.78, 5) is 2.08. The fraction of sp³-hybridized carbons (Fsp3) is 0.429. The molecule has 1 N–H and O–H groups in total. The molecule has 0 saturated carbocycles. The molecule has 0 spiro atoms. The maximum atomic E-state index is 12.5. The van der Waals surface area contributed by atoms with Crippen LogP contribution in [0.5, 0.6) is 11.5 Å². The van der Waals surface area contributed by atoms with Gasteiger partial charge in [0.2, 0.25) is 0 Å². The molecule has 1 heterocycles. The van der Waals surface area contributed by atoms with Crippen LogP contribution >= 0.6 is 0 Å². The number of piperidine rings is 1. The third-order valence-corrected chi connectivity index (χ3v) is 5.37. The Hall–Kier alpha value is -2.46. The fourth-order valence-corrected chi connectivity index (χ4v) is 3.89. The molecule has 31 heavy (non-hydrogen) atoms. The second kappa shape index (κ2) is 8.58. The van der Waals surface area contributed by atoms with E-state index in [-0.39, 0.29) is 5.92 Å². The lowest BCUT2D eigenvalue weighted by Crippen LogP contribution is -2.43. The van der Waals surface area contributed by atoms with Crippen LogP contribution < -0.4 is 9.47 Å². The Morgan fingerprint density at radius 2 is 1.10 bits per heavy atom. The number of likely N-dealkylation sites (tertiary alicyclic amines) is 1. The number of ether oxygens (including phenoxy) is 2. The lowest BCUT2D eigenvalue weighted by molar-refractivity contribution is -0.275. The monoisotopic (exact) mass is 449 g/mol. The van der Waals surface area contributed by atoms with Crippen molar-refractivity contribution in [3.05, 3.63) is 59.7 Å². The number of alkyl halides is 6. The van der Waals surface area contributed by atoms with Gasteiger partial charge in [-0.25, -0.2) is 0 Å². The molecule has 0 atom stereocenters. The summed E-state index contributed by atoms with van der Waals surface area (Å²) < 4.78 is 82.5. The highest BCUT2D eigenvalue weighted by Crippen LogP contribution is 2.43. The Labute approximate surface area is 175 Å². The zero-order chi connectivity index (χ0) is 22.9. The van der Waals surface area contributed by atoms with Gasteiger partial charge in [0.25, 0.3) is 0 Å². The highest BCUT2D eigenvalue weighted by atomic mass is 19.4. The highest BCUT2D eigenvalue weighted by Gasteiger charge is 2.42. The molecular weight excluding hydrogens is 428 g/mol. The smallest absolute Gasteiger partial charge is 0.406 e. The van der Waals surface area contributed by atoms with Crippen LogP contribution in [0.25, 0.3) is 0 Å². The van der Waals surface area contributed by atoms with Gasteiger partial charge in [0.05, 0.1) is 0 Å². The number of benzene rings is 2. The van der Waals surface area contributed by atoms with E-state index in [0.717, 1.165) is 24.3 Å². The number of hydrogen-bond acceptors (Lipinski definition) is 4. The van der Waals surface area contributed by atoms with Crippen LogP contribution in [0.2, 0.25) is 0 Å². The van der Waals surface area contributed by atoms with Crippen molar-refractivity contribution in [2.75, 3.05) is 20.1 Å². The highest BCUT2D eigenvalue weighted by molar-refractivity contribution is 5.42. The Kier molecular flexibility index (Phi) is 6.43. The van der Waals surface area contributed by atoms with E-state index in [1.165, 1.54) is 24.3 Å². The maximum absolute atomic E-state index is 12.5. The average Bonchev–Trinajstić information content (AvgIpc) is 2.66. The summed E-state index contributed by atoms with van der Waals surface area (Å²) in [7, 11) is 1.93. The van der Waals surface area contributed by atoms with Gasteiger partial charge in [0, 0.05) is 0 Å². The number of nitrogens with zero attached hydrogens (tertiary/aromatic N) is 1. The van der Waals surface area contributed by atoms with Crippen molar-refractivity contribution in [3.8, 4) is 11.5 Å². The largest absolute Gasteiger partial charge is 0.573 e. The minimum atomic E-state index is -4.85. The standard InChI is InChI=1S/C21H21F6NO3/c1-28-12-10-16(11-13-28)19(29,14-2-6-17(7-3-14)30-20(22,23)24)15-4-8-18(9-5-15)31-21(25,26)27/h2-9,16,29H,10-13H2,1H3. The van der Waals surface area contributed by atoms with Crippen LogP contribution in [0.4, 0.5) is 26.3 Å². The van der Waals surface area contributed by atoms with Gasteiger partial charge in [-0.2, -0.15) is 0 Å². The van der Waals surface area contributed by atoms with Crippen molar-refractivity contribution in [3.63, 3.8) is 0 Å². The molecule has 0 aliphatic carbocycles. The van der Waals surface area contributed by atoms with E-state index in [9.17, 15) is 31.4 Å². The van der Waals surface area contributed by atoms with Gasteiger partial charge in [0.1, 0.15) is 17.1 Å². The number of halogens is 6. The first-order valence-electron chi connectivity index (χ1n) is 9.50. The van der Waals surface area contributed by atoms with Crippen molar-refractivity contribution < 1.29 is 40.9 Å². The molecule has 0 aromatic heterocycles. The molecule has 2 aromatic carbocycles. The molecule has 0 bridgehead atoms. The lowest BCUT2D eigenvalue weighted by atomic mass is 9.72. The second-order valence-corrected chi connectivity index (χ2v) is 7.49. The van der Waals surface area contributed by atoms with Gasteiger partial charge >= 0.3 is 12.7 Å². The quantitative estimate of drug-likeness (QED) is 0.648. The van der Waals surface area contributed by atoms with Crippen LogP contribution in [0, 0.1) is 5.92 Å². The van der Waals surface area contributed by atoms with E-state index in [4.69, 9.17) is 0 Å². The molecule has 170 valence electrons. The van der Waals surface area contributed by atoms with E-state index in [1.54, 1.807) is 0 Å². The van der Waals surface area contributed by atoms with Crippen molar-refractivity contribution >= 4 is 0 Å². The predicted octanol–water partition coefficient (Wildman–Crippen LogP) is 5.06. The summed E-state index contributed by atoms with van der Waals surface area (Å²) in [5, 5.41) is 11.8. The molecule has 0 amide bonds. The molecule has 10 heteroatoms. The molecule has 1 aliphatic rings. The topological polar surface area (TPSA) is 41.9 Å². The van der Waals surface area contributed by atoms with Gasteiger partial charge < -0.3 is 19.5 Å². The number of aliphatic hydroxyl groups is 1. The summed E-state index contributed by atoms with van der Waals surface area (Å²) in [6.07, 6.45) is -8.51. The van der Waals surface area contributed by atoms with E-state index < -0.39 is 29.8 Å². The van der Waals surface area contributed by atoms with Crippen LogP contribution in [0.1, 0.15) is 24.0 Å². The normalized spacial score (nSPS) is 16.9. The third kappa shape index (κ3) is 5.82. The van der Waals surface area contributed by atoms with Gasteiger partial charge in [0.15, 0.2) is 0 Å². The van der Waals surface area contributed by atoms with E-state index in [2.05, 4.69) is 14.4 Å². The van der Waals surface area contributed by atoms with E-state index in [0.29, 0.717) is 37.1 Å². The third-order valence-electron chi connectivity index (χ3n) is 5.37. The van der Waals surface area contributed by atoms with Gasteiger partial charge in [-0.1, -0.05) is 24.3 Å². The zero-order valence-electron chi connectivity index (χ0n) is 16.5. The molecule has 3 rings (SSSR count). The van der Waals surface area contributed by atoms with Crippen LogP contribution in [0.3, 0.4) is 0 Å².